The Balaban J connectivity index is 1.77. The summed E-state index contributed by atoms with van der Waals surface area (Å²) in [7, 11) is 1.70. The topological polar surface area (TPSA) is 51.1 Å². The van der Waals surface area contributed by atoms with Gasteiger partial charge in [-0.25, -0.2) is 9.97 Å². The monoisotopic (exact) mass is 310 g/mol. The Kier molecular flexibility index (Phi) is 4.59. The van der Waals surface area contributed by atoms with Crippen molar-refractivity contribution in [2.24, 2.45) is 0 Å². The Morgan fingerprint density at radius 2 is 2.40 bits per heavy atom. The fourth-order valence-corrected chi connectivity index (χ4v) is 4.05. The molecular weight excluding hydrogens is 292 g/mol. The molecule has 5 nitrogen and oxygen atoms in total. The number of thiazole rings is 1. The summed E-state index contributed by atoms with van der Waals surface area (Å²) in [4.78, 5) is 11.5. The normalized spacial score (nSPS) is 19.4. The van der Waals surface area contributed by atoms with Crippen molar-refractivity contribution in [3.05, 3.63) is 22.4 Å². The molecule has 0 spiro atoms. The van der Waals surface area contributed by atoms with E-state index in [4.69, 9.17) is 4.74 Å². The summed E-state index contributed by atoms with van der Waals surface area (Å²) in [5, 5.41) is 4.26. The van der Waals surface area contributed by atoms with Crippen LogP contribution in [-0.2, 0) is 11.2 Å². The number of nitrogens with zero attached hydrogens (tertiary/aromatic N) is 4. The van der Waals surface area contributed by atoms with Gasteiger partial charge < -0.3 is 9.64 Å². The Morgan fingerprint density at radius 3 is 3.20 bits per heavy atom. The van der Waals surface area contributed by atoms with E-state index in [0.29, 0.717) is 12.6 Å². The minimum absolute atomic E-state index is 0.368. The van der Waals surface area contributed by atoms with Crippen molar-refractivity contribution in [3.8, 4) is 0 Å². The number of hydrogen-bond donors (Lipinski definition) is 0. The van der Waals surface area contributed by atoms with Crippen LogP contribution >= 0.6 is 22.9 Å². The summed E-state index contributed by atoms with van der Waals surface area (Å²) in [6.45, 7) is 1.72. The summed E-state index contributed by atoms with van der Waals surface area (Å²) in [6, 6.07) is 0.368. The van der Waals surface area contributed by atoms with E-state index in [1.165, 1.54) is 29.4 Å². The van der Waals surface area contributed by atoms with E-state index in [1.807, 2.05) is 11.6 Å². The molecule has 3 rings (SSSR count). The zero-order chi connectivity index (χ0) is 13.8. The SMILES string of the molecule is COCCc1nsc(N2CCCCC2c2nccs2)n1. The molecule has 1 fully saturated rings. The number of piperidine rings is 1. The largest absolute Gasteiger partial charge is 0.384 e. The van der Waals surface area contributed by atoms with Crippen LogP contribution in [0.4, 0.5) is 5.13 Å². The summed E-state index contributed by atoms with van der Waals surface area (Å²) in [6.07, 6.45) is 6.30. The molecule has 108 valence electrons. The van der Waals surface area contributed by atoms with E-state index >= 15 is 0 Å². The number of methoxy groups -OCH3 is 1. The van der Waals surface area contributed by atoms with E-state index in [2.05, 4.69) is 19.2 Å². The average molecular weight is 310 g/mol. The van der Waals surface area contributed by atoms with Crippen molar-refractivity contribution in [2.45, 2.75) is 31.7 Å². The molecule has 0 saturated carbocycles. The summed E-state index contributed by atoms with van der Waals surface area (Å²) in [5.41, 5.74) is 0. The molecule has 0 aromatic carbocycles. The van der Waals surface area contributed by atoms with Gasteiger partial charge in [0.25, 0.3) is 0 Å². The van der Waals surface area contributed by atoms with Gasteiger partial charge in [0.15, 0.2) is 0 Å². The van der Waals surface area contributed by atoms with Gasteiger partial charge in [-0.1, -0.05) is 0 Å². The molecule has 0 amide bonds. The number of ether oxygens (including phenoxy) is 1. The molecule has 0 aliphatic carbocycles. The standard InChI is InChI=1S/C13H18N4OS2/c1-18-8-5-11-15-13(20-16-11)17-7-3-2-4-10(17)12-14-6-9-19-12/h6,9-10H,2-5,7-8H2,1H3. The van der Waals surface area contributed by atoms with Crippen molar-refractivity contribution in [3.63, 3.8) is 0 Å². The second-order valence-corrected chi connectivity index (χ2v) is 6.47. The fraction of sp³-hybridized carbons (Fsp3) is 0.615. The van der Waals surface area contributed by atoms with Crippen LogP contribution in [0.15, 0.2) is 11.6 Å². The molecular formula is C13H18N4OS2. The van der Waals surface area contributed by atoms with Crippen molar-refractivity contribution < 1.29 is 4.74 Å². The van der Waals surface area contributed by atoms with Gasteiger partial charge in [0.05, 0.1) is 12.6 Å². The molecule has 1 unspecified atom stereocenters. The first-order chi connectivity index (χ1) is 9.88. The van der Waals surface area contributed by atoms with E-state index in [1.54, 1.807) is 18.4 Å². The molecule has 7 heteroatoms. The van der Waals surface area contributed by atoms with Gasteiger partial charge in [-0.2, -0.15) is 4.37 Å². The first-order valence-electron chi connectivity index (χ1n) is 6.86. The second-order valence-electron chi connectivity index (χ2n) is 4.81. The minimum atomic E-state index is 0.368. The molecule has 1 aliphatic rings. The maximum atomic E-state index is 5.08. The van der Waals surface area contributed by atoms with Crippen molar-refractivity contribution in [1.82, 2.24) is 14.3 Å². The molecule has 1 saturated heterocycles. The highest BCUT2D eigenvalue weighted by atomic mass is 32.1. The zero-order valence-electron chi connectivity index (χ0n) is 11.5. The molecule has 2 aromatic heterocycles. The number of aromatic nitrogens is 3. The first kappa shape index (κ1) is 13.9. The van der Waals surface area contributed by atoms with Crippen LogP contribution in [0.3, 0.4) is 0 Å². The van der Waals surface area contributed by atoms with E-state index in [-0.39, 0.29) is 0 Å². The summed E-state index contributed by atoms with van der Waals surface area (Å²) >= 11 is 3.23. The lowest BCUT2D eigenvalue weighted by Crippen LogP contribution is -2.33. The van der Waals surface area contributed by atoms with Crippen LogP contribution in [0.1, 0.15) is 36.1 Å². The number of anilines is 1. The summed E-state index contributed by atoms with van der Waals surface area (Å²) in [5.74, 6) is 0.885. The molecule has 0 radical (unpaired) electrons. The third-order valence-electron chi connectivity index (χ3n) is 3.47. The first-order valence-corrected chi connectivity index (χ1v) is 8.51. The van der Waals surface area contributed by atoms with E-state index in [9.17, 15) is 0 Å². The molecule has 2 aromatic rings. The van der Waals surface area contributed by atoms with Crippen LogP contribution in [0.5, 0.6) is 0 Å². The Hall–Kier alpha value is -1.05. The second kappa shape index (κ2) is 6.60. The van der Waals surface area contributed by atoms with Gasteiger partial charge in [-0.15, -0.1) is 11.3 Å². The quantitative estimate of drug-likeness (QED) is 0.850. The fourth-order valence-electron chi connectivity index (χ4n) is 2.47. The number of rotatable bonds is 5. The smallest absolute Gasteiger partial charge is 0.205 e. The highest BCUT2D eigenvalue weighted by Crippen LogP contribution is 2.36. The predicted octanol–water partition coefficient (Wildman–Crippen LogP) is 2.92. The molecule has 20 heavy (non-hydrogen) atoms. The average Bonchev–Trinajstić information content (AvgIpc) is 3.16. The Morgan fingerprint density at radius 1 is 1.45 bits per heavy atom. The van der Waals surface area contributed by atoms with Gasteiger partial charge in [-0.3, -0.25) is 0 Å². The lowest BCUT2D eigenvalue weighted by Gasteiger charge is -2.33. The van der Waals surface area contributed by atoms with Crippen LogP contribution in [0, 0.1) is 0 Å². The zero-order valence-corrected chi connectivity index (χ0v) is 13.1. The van der Waals surface area contributed by atoms with Crippen molar-refractivity contribution in [2.75, 3.05) is 25.2 Å². The highest BCUT2D eigenvalue weighted by molar-refractivity contribution is 7.10. The Bertz CT molecular complexity index is 528. The molecule has 1 aliphatic heterocycles. The molecule has 0 bridgehead atoms. The van der Waals surface area contributed by atoms with E-state index < -0.39 is 0 Å². The third kappa shape index (κ3) is 2.99. The van der Waals surface area contributed by atoms with E-state index in [0.717, 1.165) is 30.3 Å². The van der Waals surface area contributed by atoms with Crippen molar-refractivity contribution >= 4 is 28.0 Å². The highest BCUT2D eigenvalue weighted by Gasteiger charge is 2.28. The molecule has 3 heterocycles. The van der Waals surface area contributed by atoms with Crippen molar-refractivity contribution in [1.29, 1.82) is 0 Å². The van der Waals surface area contributed by atoms with Crippen LogP contribution < -0.4 is 4.90 Å². The lowest BCUT2D eigenvalue weighted by atomic mass is 10.0. The summed E-state index contributed by atoms with van der Waals surface area (Å²) < 4.78 is 9.52. The third-order valence-corrected chi connectivity index (χ3v) is 5.14. The predicted molar refractivity (Wildman–Crippen MR) is 81.5 cm³/mol. The number of hydrogen-bond acceptors (Lipinski definition) is 7. The Labute approximate surface area is 126 Å². The van der Waals surface area contributed by atoms with Gasteiger partial charge >= 0.3 is 0 Å². The molecule has 0 N–H and O–H groups in total. The van der Waals surface area contributed by atoms with Gasteiger partial charge in [0.2, 0.25) is 5.13 Å². The van der Waals surface area contributed by atoms with Gasteiger partial charge in [0, 0.05) is 43.2 Å². The van der Waals surface area contributed by atoms with Gasteiger partial charge in [-0.05, 0) is 19.3 Å². The van der Waals surface area contributed by atoms with Crippen LogP contribution in [0.2, 0.25) is 0 Å². The maximum absolute atomic E-state index is 5.08. The van der Waals surface area contributed by atoms with Gasteiger partial charge in [0.1, 0.15) is 10.8 Å². The van der Waals surface area contributed by atoms with Crippen LogP contribution in [-0.4, -0.2) is 34.6 Å². The molecule has 1 atom stereocenters. The lowest BCUT2D eigenvalue weighted by molar-refractivity contribution is 0.201. The maximum Gasteiger partial charge on any atom is 0.205 e. The van der Waals surface area contributed by atoms with Crippen LogP contribution in [0.25, 0.3) is 0 Å². The minimum Gasteiger partial charge on any atom is -0.384 e.